The molecule has 2 heterocycles. The number of amides is 1. The molecule has 6 nitrogen and oxygen atoms in total. The molecule has 1 unspecified atom stereocenters. The van der Waals surface area contributed by atoms with Crippen molar-refractivity contribution in [1.82, 2.24) is 14.8 Å². The van der Waals surface area contributed by atoms with Gasteiger partial charge in [-0.25, -0.2) is 4.68 Å². The Hall–Kier alpha value is -3.20. The van der Waals surface area contributed by atoms with Crippen LogP contribution < -0.4 is 5.73 Å². The van der Waals surface area contributed by atoms with Gasteiger partial charge in [0.05, 0.1) is 5.69 Å². The van der Waals surface area contributed by atoms with Crippen LogP contribution in [-0.4, -0.2) is 25.8 Å². The number of hydrogen-bond donors (Lipinski definition) is 2. The number of nitrogens with two attached hydrogens (primary N) is 1. The molecule has 1 aliphatic rings. The average Bonchev–Trinajstić information content (AvgIpc) is 3.46. The van der Waals surface area contributed by atoms with Gasteiger partial charge in [-0.1, -0.05) is 25.0 Å². The van der Waals surface area contributed by atoms with Crippen molar-refractivity contribution in [1.29, 1.82) is 0 Å². The number of hydrogen-bond acceptors (Lipinski definition) is 4. The molecule has 3 N–H and O–H groups in total. The number of halogens is 3. The maximum absolute atomic E-state index is 13.2. The number of aliphatic hydroxyl groups is 1. The van der Waals surface area contributed by atoms with Crippen LogP contribution in [0.3, 0.4) is 0 Å². The van der Waals surface area contributed by atoms with Gasteiger partial charge in [-0.3, -0.25) is 9.78 Å². The molecule has 1 aromatic carbocycles. The maximum atomic E-state index is 13.2. The van der Waals surface area contributed by atoms with Crippen molar-refractivity contribution in [2.75, 3.05) is 0 Å². The summed E-state index contributed by atoms with van der Waals surface area (Å²) in [5, 5.41) is 15.2. The second kappa shape index (κ2) is 7.81. The van der Waals surface area contributed by atoms with Crippen LogP contribution in [0.5, 0.6) is 0 Å². The van der Waals surface area contributed by atoms with E-state index in [0.717, 1.165) is 23.9 Å². The fourth-order valence-electron chi connectivity index (χ4n) is 3.69. The summed E-state index contributed by atoms with van der Waals surface area (Å²) in [6.45, 7) is 0. The van der Waals surface area contributed by atoms with Crippen LogP contribution >= 0.6 is 0 Å². The van der Waals surface area contributed by atoms with E-state index in [1.807, 2.05) is 0 Å². The Morgan fingerprint density at radius 1 is 1.13 bits per heavy atom. The fourth-order valence-corrected chi connectivity index (χ4v) is 3.69. The average molecular weight is 430 g/mol. The minimum atomic E-state index is -4.73. The van der Waals surface area contributed by atoms with E-state index in [0.29, 0.717) is 29.5 Å². The number of pyridine rings is 1. The third-order valence-corrected chi connectivity index (χ3v) is 5.59. The molecule has 0 spiro atoms. The fraction of sp³-hybridized carbons (Fsp3) is 0.318. The van der Waals surface area contributed by atoms with Gasteiger partial charge >= 0.3 is 6.18 Å². The smallest absolute Gasteiger partial charge is 0.380 e. The molecular weight excluding hydrogens is 409 g/mol. The minimum Gasteiger partial charge on any atom is -0.380 e. The Morgan fingerprint density at radius 3 is 2.45 bits per heavy atom. The van der Waals surface area contributed by atoms with Gasteiger partial charge in [0, 0.05) is 18.5 Å². The molecule has 1 amide bonds. The first-order valence-electron chi connectivity index (χ1n) is 9.89. The van der Waals surface area contributed by atoms with Crippen LogP contribution in [0.2, 0.25) is 0 Å². The summed E-state index contributed by atoms with van der Waals surface area (Å²) in [4.78, 5) is 15.8. The monoisotopic (exact) mass is 430 g/mol. The Labute approximate surface area is 176 Å². The molecule has 3 aromatic rings. The first kappa shape index (κ1) is 21.0. The van der Waals surface area contributed by atoms with Gasteiger partial charge < -0.3 is 10.8 Å². The van der Waals surface area contributed by atoms with Crippen LogP contribution in [0.4, 0.5) is 13.2 Å². The minimum absolute atomic E-state index is 0.195. The van der Waals surface area contributed by atoms with Crippen molar-refractivity contribution in [3.8, 4) is 5.69 Å². The van der Waals surface area contributed by atoms with Crippen molar-refractivity contribution in [2.24, 2.45) is 11.7 Å². The predicted molar refractivity (Wildman–Crippen MR) is 106 cm³/mol. The molecule has 0 saturated heterocycles. The van der Waals surface area contributed by atoms with E-state index in [1.54, 1.807) is 36.7 Å². The summed E-state index contributed by atoms with van der Waals surface area (Å²) in [5.41, 5.74) is 3.62. The van der Waals surface area contributed by atoms with Crippen LogP contribution in [0, 0.1) is 5.92 Å². The lowest BCUT2D eigenvalue weighted by atomic mass is 9.82. The molecule has 1 atom stereocenters. The molecule has 1 aliphatic carbocycles. The van der Waals surface area contributed by atoms with E-state index in [-0.39, 0.29) is 5.69 Å². The van der Waals surface area contributed by atoms with Crippen LogP contribution in [0.25, 0.3) is 5.69 Å². The van der Waals surface area contributed by atoms with Crippen LogP contribution in [0.1, 0.15) is 53.0 Å². The highest BCUT2D eigenvalue weighted by atomic mass is 19.4. The Kier molecular flexibility index (Phi) is 5.30. The number of carbonyl (C=O) groups is 1. The molecule has 1 fully saturated rings. The number of alkyl halides is 3. The van der Waals surface area contributed by atoms with Gasteiger partial charge in [0.15, 0.2) is 5.69 Å². The number of primary amides is 1. The van der Waals surface area contributed by atoms with Crippen molar-refractivity contribution < 1.29 is 23.1 Å². The summed E-state index contributed by atoms with van der Waals surface area (Å²) in [6, 6.07) is 10.4. The topological polar surface area (TPSA) is 94.0 Å². The third-order valence-electron chi connectivity index (χ3n) is 5.59. The van der Waals surface area contributed by atoms with E-state index in [4.69, 9.17) is 5.73 Å². The van der Waals surface area contributed by atoms with Gasteiger partial charge in [-0.2, -0.15) is 18.3 Å². The molecule has 9 heteroatoms. The second-order valence-electron chi connectivity index (χ2n) is 7.82. The van der Waals surface area contributed by atoms with Crippen molar-refractivity contribution in [2.45, 2.75) is 37.5 Å². The number of carbonyl (C=O) groups excluding carboxylic acids is 1. The highest BCUT2D eigenvalue weighted by Crippen LogP contribution is 2.41. The summed E-state index contributed by atoms with van der Waals surface area (Å²) >= 11 is 0. The van der Waals surface area contributed by atoms with Gasteiger partial charge in [-0.05, 0) is 54.2 Å². The van der Waals surface area contributed by atoms with Crippen LogP contribution in [-0.2, 0) is 11.8 Å². The van der Waals surface area contributed by atoms with E-state index >= 15 is 0 Å². The summed E-state index contributed by atoms with van der Waals surface area (Å²) < 4.78 is 40.3. The summed E-state index contributed by atoms with van der Waals surface area (Å²) in [5.74, 6) is -0.468. The molecule has 0 bridgehead atoms. The summed E-state index contributed by atoms with van der Waals surface area (Å²) in [6.07, 6.45) is 1.94. The van der Waals surface area contributed by atoms with Gasteiger partial charge in [-0.15, -0.1) is 0 Å². The molecule has 31 heavy (non-hydrogen) atoms. The highest BCUT2D eigenvalue weighted by Gasteiger charge is 2.37. The maximum Gasteiger partial charge on any atom is 0.435 e. The zero-order valence-electron chi connectivity index (χ0n) is 16.5. The van der Waals surface area contributed by atoms with Crippen molar-refractivity contribution in [3.05, 3.63) is 77.4 Å². The lowest BCUT2D eigenvalue weighted by molar-refractivity contribution is -0.141. The Balaban J connectivity index is 1.79. The molecule has 162 valence electrons. The highest BCUT2D eigenvalue weighted by molar-refractivity contribution is 5.91. The van der Waals surface area contributed by atoms with Gasteiger partial charge in [0.25, 0.3) is 5.91 Å². The molecule has 4 rings (SSSR count). The van der Waals surface area contributed by atoms with E-state index in [1.165, 1.54) is 12.1 Å². The van der Waals surface area contributed by atoms with Gasteiger partial charge in [0.1, 0.15) is 11.3 Å². The molecule has 0 radical (unpaired) electrons. The van der Waals surface area contributed by atoms with Crippen LogP contribution in [0.15, 0.2) is 54.9 Å². The number of rotatable bonds is 7. The van der Waals surface area contributed by atoms with E-state index < -0.39 is 29.1 Å². The number of nitrogens with zero attached hydrogens (tertiary/aromatic N) is 3. The zero-order valence-corrected chi connectivity index (χ0v) is 16.5. The lowest BCUT2D eigenvalue weighted by Gasteiger charge is -2.30. The normalized spacial score (nSPS) is 16.1. The van der Waals surface area contributed by atoms with Crippen molar-refractivity contribution in [3.63, 3.8) is 0 Å². The number of aromatic nitrogens is 3. The third kappa shape index (κ3) is 4.32. The first-order chi connectivity index (χ1) is 14.7. The lowest BCUT2D eigenvalue weighted by Crippen LogP contribution is -2.28. The zero-order chi connectivity index (χ0) is 22.2. The second-order valence-corrected chi connectivity index (χ2v) is 7.82. The SMILES string of the molecule is NC(=O)c1cc(C(F)(F)F)nn1-c1cccc(C(O)(CCC2CC2)c2ccncc2)c1. The molecule has 1 saturated carbocycles. The van der Waals surface area contributed by atoms with E-state index in [9.17, 15) is 23.1 Å². The predicted octanol–water partition coefficient (Wildman–Crippen LogP) is 3.81. The first-order valence-corrected chi connectivity index (χ1v) is 9.89. The Morgan fingerprint density at radius 2 is 1.84 bits per heavy atom. The summed E-state index contributed by atoms with van der Waals surface area (Å²) in [7, 11) is 0. The van der Waals surface area contributed by atoms with Crippen molar-refractivity contribution >= 4 is 5.91 Å². The van der Waals surface area contributed by atoms with Gasteiger partial charge in [0.2, 0.25) is 0 Å². The standard InChI is InChI=1S/C22H21F3N4O2/c23-22(24,25)19-13-18(20(26)30)29(28-19)17-3-1-2-16(12-17)21(31,9-6-14-4-5-14)15-7-10-27-11-8-15/h1-3,7-8,10-14,31H,4-6,9H2,(H2,26,30). The Bertz CT molecular complexity index is 1090. The largest absolute Gasteiger partial charge is 0.435 e. The molecule has 0 aliphatic heterocycles. The number of benzene rings is 1. The molecular formula is C22H21F3N4O2. The quantitative estimate of drug-likeness (QED) is 0.596. The van der Waals surface area contributed by atoms with E-state index in [2.05, 4.69) is 10.1 Å². The molecule has 2 aromatic heterocycles.